The van der Waals surface area contributed by atoms with Crippen molar-refractivity contribution in [3.8, 4) is 0 Å². The Kier molecular flexibility index (Phi) is 6.30. The maximum absolute atomic E-state index is 13.4. The number of unbranched alkanes of at least 4 members (excludes halogenated alkanes) is 1. The second-order valence-corrected chi connectivity index (χ2v) is 6.07. The van der Waals surface area contributed by atoms with Crippen molar-refractivity contribution in [1.29, 1.82) is 0 Å². The minimum absolute atomic E-state index is 0.0633. The van der Waals surface area contributed by atoms with Crippen molar-refractivity contribution >= 4 is 17.2 Å². The number of hydrogen-bond donors (Lipinski definition) is 1. The van der Waals surface area contributed by atoms with Gasteiger partial charge in [-0.3, -0.25) is 4.79 Å². The predicted molar refractivity (Wildman–Crippen MR) is 98.4 cm³/mol. The van der Waals surface area contributed by atoms with E-state index in [4.69, 9.17) is 0 Å². The van der Waals surface area contributed by atoms with Crippen molar-refractivity contribution in [3.05, 3.63) is 71.0 Å². The van der Waals surface area contributed by atoms with Gasteiger partial charge in [0.05, 0.1) is 6.42 Å². The Morgan fingerprint density at radius 2 is 1.96 bits per heavy atom. The number of carbonyl (C=O) groups is 1. The third kappa shape index (κ3) is 5.05. The van der Waals surface area contributed by atoms with Gasteiger partial charge < -0.3 is 5.32 Å². The van der Waals surface area contributed by atoms with Crippen LogP contribution in [0.15, 0.2) is 48.5 Å². The third-order valence-corrected chi connectivity index (χ3v) is 3.87. The molecule has 0 atom stereocenters. The number of nitrogens with one attached hydrogen (secondary N) is 1. The monoisotopic (exact) mass is 325 g/mol. The van der Waals surface area contributed by atoms with Crippen molar-refractivity contribution in [3.63, 3.8) is 0 Å². The summed E-state index contributed by atoms with van der Waals surface area (Å²) in [4.78, 5) is 12.4. The molecule has 2 rings (SSSR count). The number of rotatable bonds is 6. The highest BCUT2D eigenvalue weighted by molar-refractivity contribution is 5.98. The van der Waals surface area contributed by atoms with Crippen molar-refractivity contribution in [2.45, 2.75) is 40.0 Å². The standard InChI is InChI=1S/C21H24FNO/c1-4-5-8-17(20-11-10-18(22)13-16(20)3)14-21(24)23-19-9-6-7-15(2)12-19/h6-13H,4-5,14H2,1-3H3,(H,23,24)/b17-8-. The number of anilines is 1. The molecular weight excluding hydrogens is 301 g/mol. The van der Waals surface area contributed by atoms with Crippen LogP contribution < -0.4 is 5.32 Å². The minimum atomic E-state index is -0.254. The van der Waals surface area contributed by atoms with E-state index in [0.717, 1.165) is 40.8 Å². The van der Waals surface area contributed by atoms with Gasteiger partial charge in [-0.25, -0.2) is 4.39 Å². The molecule has 24 heavy (non-hydrogen) atoms. The number of amides is 1. The second-order valence-electron chi connectivity index (χ2n) is 6.07. The van der Waals surface area contributed by atoms with Gasteiger partial charge in [0.2, 0.25) is 5.91 Å². The van der Waals surface area contributed by atoms with E-state index >= 15 is 0 Å². The summed E-state index contributed by atoms with van der Waals surface area (Å²) in [5.74, 6) is -0.318. The van der Waals surface area contributed by atoms with Crippen LogP contribution >= 0.6 is 0 Å². The molecule has 0 saturated heterocycles. The zero-order chi connectivity index (χ0) is 17.5. The lowest BCUT2D eigenvalue weighted by Gasteiger charge is -2.12. The highest BCUT2D eigenvalue weighted by atomic mass is 19.1. The third-order valence-electron chi connectivity index (χ3n) is 3.87. The van der Waals surface area contributed by atoms with E-state index in [1.165, 1.54) is 12.1 Å². The molecule has 0 unspecified atom stereocenters. The van der Waals surface area contributed by atoms with Crippen molar-refractivity contribution < 1.29 is 9.18 Å². The van der Waals surface area contributed by atoms with E-state index < -0.39 is 0 Å². The Balaban J connectivity index is 2.18. The van der Waals surface area contributed by atoms with Gasteiger partial charge >= 0.3 is 0 Å². The Morgan fingerprint density at radius 1 is 1.17 bits per heavy atom. The average Bonchev–Trinajstić information content (AvgIpc) is 2.51. The van der Waals surface area contributed by atoms with Gasteiger partial charge in [-0.15, -0.1) is 0 Å². The molecular formula is C21H24FNO. The van der Waals surface area contributed by atoms with Gasteiger partial charge in [0.1, 0.15) is 5.82 Å². The van der Waals surface area contributed by atoms with Crippen molar-refractivity contribution in [2.24, 2.45) is 0 Å². The molecule has 126 valence electrons. The summed E-state index contributed by atoms with van der Waals surface area (Å²) < 4.78 is 13.4. The first kappa shape index (κ1) is 17.9. The van der Waals surface area contributed by atoms with E-state index in [9.17, 15) is 9.18 Å². The Bertz CT molecular complexity index is 749. The summed E-state index contributed by atoms with van der Waals surface area (Å²) in [5, 5.41) is 2.94. The molecule has 0 saturated carbocycles. The number of benzene rings is 2. The van der Waals surface area contributed by atoms with Crippen LogP contribution in [0.3, 0.4) is 0 Å². The molecule has 3 heteroatoms. The van der Waals surface area contributed by atoms with Gasteiger partial charge in [-0.1, -0.05) is 37.6 Å². The van der Waals surface area contributed by atoms with Crippen LogP contribution in [0.2, 0.25) is 0 Å². The van der Waals surface area contributed by atoms with Crippen LogP contribution in [0.1, 0.15) is 42.9 Å². The first-order chi connectivity index (χ1) is 11.5. The van der Waals surface area contributed by atoms with E-state index in [1.807, 2.05) is 38.1 Å². The summed E-state index contributed by atoms with van der Waals surface area (Å²) in [6, 6.07) is 12.4. The minimum Gasteiger partial charge on any atom is -0.326 e. The van der Waals surface area contributed by atoms with Crippen LogP contribution in [0.4, 0.5) is 10.1 Å². The molecule has 2 aromatic carbocycles. The lowest BCUT2D eigenvalue weighted by Crippen LogP contribution is -2.12. The number of hydrogen-bond acceptors (Lipinski definition) is 1. The summed E-state index contributed by atoms with van der Waals surface area (Å²) in [5.41, 5.74) is 4.62. The Labute approximate surface area is 143 Å². The lowest BCUT2D eigenvalue weighted by molar-refractivity contribution is -0.115. The van der Waals surface area contributed by atoms with E-state index in [1.54, 1.807) is 6.07 Å². The molecule has 0 fully saturated rings. The molecule has 0 radical (unpaired) electrons. The number of halogens is 1. The summed E-state index contributed by atoms with van der Waals surface area (Å²) in [6.45, 7) is 5.96. The zero-order valence-electron chi connectivity index (χ0n) is 14.5. The second kappa shape index (κ2) is 8.44. The number of carbonyl (C=O) groups excluding carboxylic acids is 1. The molecule has 0 aliphatic heterocycles. The van der Waals surface area contributed by atoms with E-state index in [2.05, 4.69) is 18.3 Å². The molecule has 0 heterocycles. The van der Waals surface area contributed by atoms with Crippen molar-refractivity contribution in [2.75, 3.05) is 5.32 Å². The van der Waals surface area contributed by atoms with Gasteiger partial charge in [0.15, 0.2) is 0 Å². The SMILES string of the molecule is CCC/C=C(/CC(=O)Nc1cccc(C)c1)c1ccc(F)cc1C. The van der Waals surface area contributed by atoms with Crippen molar-refractivity contribution in [1.82, 2.24) is 0 Å². The predicted octanol–water partition coefficient (Wildman–Crippen LogP) is 5.65. The van der Waals surface area contributed by atoms with Crippen LogP contribution in [0.5, 0.6) is 0 Å². The summed E-state index contributed by atoms with van der Waals surface area (Å²) >= 11 is 0. The van der Waals surface area contributed by atoms with Crippen LogP contribution in [0, 0.1) is 19.7 Å². The quantitative estimate of drug-likeness (QED) is 0.730. The van der Waals surface area contributed by atoms with Gasteiger partial charge in [0.25, 0.3) is 0 Å². The molecule has 0 bridgehead atoms. The largest absolute Gasteiger partial charge is 0.326 e. The topological polar surface area (TPSA) is 29.1 Å². The van der Waals surface area contributed by atoms with Crippen LogP contribution in [-0.4, -0.2) is 5.91 Å². The summed E-state index contributed by atoms with van der Waals surface area (Å²) in [6.07, 6.45) is 4.25. The highest BCUT2D eigenvalue weighted by Gasteiger charge is 2.11. The fourth-order valence-electron chi connectivity index (χ4n) is 2.68. The average molecular weight is 325 g/mol. The molecule has 0 aliphatic rings. The van der Waals surface area contributed by atoms with Gasteiger partial charge in [-0.2, -0.15) is 0 Å². The Morgan fingerprint density at radius 3 is 2.62 bits per heavy atom. The molecule has 0 aliphatic carbocycles. The first-order valence-electron chi connectivity index (χ1n) is 8.31. The van der Waals surface area contributed by atoms with E-state index in [0.29, 0.717) is 0 Å². The summed E-state index contributed by atoms with van der Waals surface area (Å²) in [7, 11) is 0. The van der Waals surface area contributed by atoms with E-state index in [-0.39, 0.29) is 18.1 Å². The molecule has 0 aromatic heterocycles. The normalized spacial score (nSPS) is 11.4. The fraction of sp³-hybridized carbons (Fsp3) is 0.286. The van der Waals surface area contributed by atoms with Crippen LogP contribution in [0.25, 0.3) is 5.57 Å². The maximum atomic E-state index is 13.4. The van der Waals surface area contributed by atoms with Crippen LogP contribution in [-0.2, 0) is 4.79 Å². The lowest BCUT2D eigenvalue weighted by atomic mass is 9.96. The number of aryl methyl sites for hydroxylation is 2. The molecule has 0 spiro atoms. The molecule has 1 amide bonds. The first-order valence-corrected chi connectivity index (χ1v) is 8.31. The maximum Gasteiger partial charge on any atom is 0.228 e. The van der Waals surface area contributed by atoms with Gasteiger partial charge in [-0.05, 0) is 66.8 Å². The smallest absolute Gasteiger partial charge is 0.228 e. The molecule has 2 nitrogen and oxygen atoms in total. The zero-order valence-corrected chi connectivity index (χ0v) is 14.5. The highest BCUT2D eigenvalue weighted by Crippen LogP contribution is 2.24. The van der Waals surface area contributed by atoms with Gasteiger partial charge in [0, 0.05) is 5.69 Å². The molecule has 1 N–H and O–H groups in total. The number of allylic oxidation sites excluding steroid dienone is 1. The molecule has 2 aromatic rings. The fourth-order valence-corrected chi connectivity index (χ4v) is 2.68. The Hall–Kier alpha value is -2.42.